The van der Waals surface area contributed by atoms with E-state index in [0.717, 1.165) is 11.1 Å². The number of piperidine rings is 1. The van der Waals surface area contributed by atoms with Gasteiger partial charge in [0.1, 0.15) is 11.6 Å². The molecule has 5 nitrogen and oxygen atoms in total. The Labute approximate surface area is 152 Å². The average molecular weight is 358 g/mol. The van der Waals surface area contributed by atoms with E-state index in [0.29, 0.717) is 30.7 Å². The van der Waals surface area contributed by atoms with Crippen molar-refractivity contribution in [1.29, 1.82) is 0 Å². The Balaban J connectivity index is 1.75. The molecule has 0 aromatic heterocycles. The minimum absolute atomic E-state index is 0.0664. The highest BCUT2D eigenvalue weighted by Crippen LogP contribution is 2.27. The van der Waals surface area contributed by atoms with Crippen LogP contribution in [0.1, 0.15) is 35.6 Å². The lowest BCUT2D eigenvalue weighted by atomic mass is 9.91. The Bertz CT molecular complexity index is 781. The molecule has 26 heavy (non-hydrogen) atoms. The van der Waals surface area contributed by atoms with Crippen LogP contribution in [-0.4, -0.2) is 24.2 Å². The van der Waals surface area contributed by atoms with E-state index >= 15 is 0 Å². The maximum absolute atomic E-state index is 14.2. The second-order valence-corrected chi connectivity index (χ2v) is 6.40. The number of hydrogen-bond acceptors (Lipinski definition) is 4. The maximum Gasteiger partial charge on any atom is 0.220 e. The van der Waals surface area contributed by atoms with Crippen LogP contribution >= 0.6 is 0 Å². The molecule has 3 rings (SSSR count). The molecule has 1 heterocycles. The van der Waals surface area contributed by atoms with Crippen molar-refractivity contribution < 1.29 is 19.0 Å². The predicted molar refractivity (Wildman–Crippen MR) is 96.1 cm³/mol. The summed E-state index contributed by atoms with van der Waals surface area (Å²) in [6, 6.07) is 11.7. The molecule has 0 bridgehead atoms. The van der Waals surface area contributed by atoms with Crippen LogP contribution in [-0.2, 0) is 17.9 Å². The number of methoxy groups -OCH3 is 1. The van der Waals surface area contributed by atoms with E-state index in [1.165, 1.54) is 6.07 Å². The highest BCUT2D eigenvalue weighted by atomic mass is 19.1. The molecule has 138 valence electrons. The van der Waals surface area contributed by atoms with Crippen LogP contribution in [0.3, 0.4) is 0 Å². The molecule has 1 fully saturated rings. The molecule has 1 saturated heterocycles. The number of aliphatic hydroxyl groups excluding tert-OH is 1. The fourth-order valence-corrected chi connectivity index (χ4v) is 3.36. The van der Waals surface area contributed by atoms with Gasteiger partial charge in [0.25, 0.3) is 0 Å². The average Bonchev–Trinajstić information content (AvgIpc) is 2.67. The summed E-state index contributed by atoms with van der Waals surface area (Å²) in [5, 5.41) is 15.8. The lowest BCUT2D eigenvalue weighted by Crippen LogP contribution is -2.48. The minimum atomic E-state index is -0.409. The van der Waals surface area contributed by atoms with Crippen LogP contribution in [0, 0.1) is 5.82 Å². The standard InChI is InChI=1S/C20H23FN2O3/c1-26-18-8-6-13(10-14(18)12-24)11-22-17-7-9-19(25)23-20(17)15-4-2-3-5-16(15)21/h2-6,8,10,17,20,22,24H,7,9,11-12H2,1H3,(H,23,25)/t17-,20+/m1/s1. The molecular weight excluding hydrogens is 335 g/mol. The number of carbonyl (C=O) groups is 1. The molecule has 1 aliphatic heterocycles. The van der Waals surface area contributed by atoms with E-state index in [-0.39, 0.29) is 24.4 Å². The smallest absolute Gasteiger partial charge is 0.220 e. The summed E-state index contributed by atoms with van der Waals surface area (Å²) < 4.78 is 19.4. The second kappa shape index (κ2) is 8.29. The van der Waals surface area contributed by atoms with Crippen molar-refractivity contribution in [2.45, 2.75) is 38.1 Å². The summed E-state index contributed by atoms with van der Waals surface area (Å²) >= 11 is 0. The molecule has 0 radical (unpaired) electrons. The van der Waals surface area contributed by atoms with Crippen molar-refractivity contribution in [1.82, 2.24) is 10.6 Å². The normalized spacial score (nSPS) is 19.9. The zero-order chi connectivity index (χ0) is 18.5. The summed E-state index contributed by atoms with van der Waals surface area (Å²) in [6.07, 6.45) is 1.04. The summed E-state index contributed by atoms with van der Waals surface area (Å²) in [7, 11) is 1.57. The number of benzene rings is 2. The summed E-state index contributed by atoms with van der Waals surface area (Å²) in [4.78, 5) is 11.8. The Kier molecular flexibility index (Phi) is 5.85. The highest BCUT2D eigenvalue weighted by molar-refractivity contribution is 5.77. The van der Waals surface area contributed by atoms with Crippen molar-refractivity contribution in [2.24, 2.45) is 0 Å². The van der Waals surface area contributed by atoms with E-state index in [4.69, 9.17) is 4.74 Å². The quantitative estimate of drug-likeness (QED) is 0.742. The van der Waals surface area contributed by atoms with Crippen molar-refractivity contribution in [3.05, 3.63) is 65.0 Å². The molecule has 0 saturated carbocycles. The van der Waals surface area contributed by atoms with Crippen LogP contribution in [0.2, 0.25) is 0 Å². The Morgan fingerprint density at radius 2 is 2.12 bits per heavy atom. The number of amides is 1. The number of carbonyl (C=O) groups excluding carboxylic acids is 1. The Hall–Kier alpha value is -2.44. The minimum Gasteiger partial charge on any atom is -0.496 e. The fourth-order valence-electron chi connectivity index (χ4n) is 3.36. The summed E-state index contributed by atoms with van der Waals surface area (Å²) in [5.41, 5.74) is 2.19. The lowest BCUT2D eigenvalue weighted by molar-refractivity contribution is -0.123. The SMILES string of the molecule is COc1ccc(CN[C@@H]2CCC(=O)N[C@H]2c2ccccc2F)cc1CO. The number of halogens is 1. The molecular formula is C20H23FN2O3. The van der Waals surface area contributed by atoms with Gasteiger partial charge in [-0.2, -0.15) is 0 Å². The van der Waals surface area contributed by atoms with Crippen LogP contribution < -0.4 is 15.4 Å². The molecule has 0 spiro atoms. The zero-order valence-corrected chi connectivity index (χ0v) is 14.7. The van der Waals surface area contributed by atoms with Crippen LogP contribution in [0.4, 0.5) is 4.39 Å². The van der Waals surface area contributed by atoms with Gasteiger partial charge in [0.15, 0.2) is 0 Å². The summed E-state index contributed by atoms with van der Waals surface area (Å²) in [5.74, 6) is 0.257. The van der Waals surface area contributed by atoms with E-state index in [1.807, 2.05) is 18.2 Å². The molecule has 1 aliphatic rings. The zero-order valence-electron chi connectivity index (χ0n) is 14.7. The van der Waals surface area contributed by atoms with Gasteiger partial charge in [-0.15, -0.1) is 0 Å². The highest BCUT2D eigenvalue weighted by Gasteiger charge is 2.31. The molecule has 0 aliphatic carbocycles. The predicted octanol–water partition coefficient (Wildman–Crippen LogP) is 2.44. The van der Waals surface area contributed by atoms with Gasteiger partial charge in [-0.25, -0.2) is 4.39 Å². The fraction of sp³-hybridized carbons (Fsp3) is 0.350. The van der Waals surface area contributed by atoms with E-state index in [1.54, 1.807) is 25.3 Å². The van der Waals surface area contributed by atoms with E-state index < -0.39 is 6.04 Å². The van der Waals surface area contributed by atoms with Crippen LogP contribution in [0.15, 0.2) is 42.5 Å². The molecule has 1 amide bonds. The third-order valence-electron chi connectivity index (χ3n) is 4.73. The summed E-state index contributed by atoms with van der Waals surface area (Å²) in [6.45, 7) is 0.441. The largest absolute Gasteiger partial charge is 0.496 e. The van der Waals surface area contributed by atoms with Gasteiger partial charge in [0.05, 0.1) is 19.8 Å². The van der Waals surface area contributed by atoms with Gasteiger partial charge >= 0.3 is 0 Å². The Morgan fingerprint density at radius 1 is 1.31 bits per heavy atom. The molecule has 2 aromatic rings. The van der Waals surface area contributed by atoms with Crippen molar-refractivity contribution in [2.75, 3.05) is 7.11 Å². The number of hydrogen-bond donors (Lipinski definition) is 3. The van der Waals surface area contributed by atoms with Crippen molar-refractivity contribution >= 4 is 5.91 Å². The third-order valence-corrected chi connectivity index (χ3v) is 4.73. The lowest BCUT2D eigenvalue weighted by Gasteiger charge is -2.33. The van der Waals surface area contributed by atoms with Gasteiger partial charge in [-0.3, -0.25) is 4.79 Å². The first kappa shape index (κ1) is 18.4. The molecule has 2 atom stereocenters. The monoisotopic (exact) mass is 358 g/mol. The maximum atomic E-state index is 14.2. The van der Waals surface area contributed by atoms with E-state index in [2.05, 4.69) is 10.6 Å². The number of nitrogens with one attached hydrogen (secondary N) is 2. The second-order valence-electron chi connectivity index (χ2n) is 6.40. The first-order valence-electron chi connectivity index (χ1n) is 8.66. The van der Waals surface area contributed by atoms with Crippen LogP contribution in [0.25, 0.3) is 0 Å². The third kappa shape index (κ3) is 4.03. The number of rotatable bonds is 6. The first-order chi connectivity index (χ1) is 12.6. The van der Waals surface area contributed by atoms with E-state index in [9.17, 15) is 14.3 Å². The number of aliphatic hydroxyl groups is 1. The van der Waals surface area contributed by atoms with Gasteiger partial charge in [-0.1, -0.05) is 24.3 Å². The topological polar surface area (TPSA) is 70.6 Å². The van der Waals surface area contributed by atoms with Crippen molar-refractivity contribution in [3.8, 4) is 5.75 Å². The van der Waals surface area contributed by atoms with Crippen molar-refractivity contribution in [3.63, 3.8) is 0 Å². The first-order valence-corrected chi connectivity index (χ1v) is 8.66. The van der Waals surface area contributed by atoms with Gasteiger partial charge < -0.3 is 20.5 Å². The van der Waals surface area contributed by atoms with Gasteiger partial charge in [0.2, 0.25) is 5.91 Å². The molecule has 2 aromatic carbocycles. The van der Waals surface area contributed by atoms with Crippen LogP contribution in [0.5, 0.6) is 5.75 Å². The van der Waals surface area contributed by atoms with Gasteiger partial charge in [0, 0.05) is 30.1 Å². The Morgan fingerprint density at radius 3 is 2.85 bits per heavy atom. The molecule has 6 heteroatoms. The molecule has 0 unspecified atom stereocenters. The molecule has 3 N–H and O–H groups in total. The number of ether oxygens (including phenoxy) is 1. The van der Waals surface area contributed by atoms with Gasteiger partial charge in [-0.05, 0) is 30.2 Å².